The van der Waals surface area contributed by atoms with E-state index in [4.69, 9.17) is 39.5 Å². The topological polar surface area (TPSA) is 100 Å². The second kappa shape index (κ2) is 10.3. The molecule has 1 unspecified atom stereocenters. The fourth-order valence-corrected chi connectivity index (χ4v) is 7.24. The SMILES string of the molecule is O=C(COC1CCN(S(=O)(=O)c2c(Cl)cc(Cl)cc2Cl)C1)N1CCC(O)(c2ccccn2)CC1. The van der Waals surface area contributed by atoms with Crippen LogP contribution >= 0.6 is 34.8 Å². The smallest absolute Gasteiger partial charge is 0.248 e. The van der Waals surface area contributed by atoms with Gasteiger partial charge < -0.3 is 14.7 Å². The van der Waals surface area contributed by atoms with E-state index in [0.29, 0.717) is 38.0 Å². The van der Waals surface area contributed by atoms with Crippen molar-refractivity contribution in [1.29, 1.82) is 0 Å². The Bertz CT molecular complexity index is 1130. The molecule has 2 aliphatic heterocycles. The number of rotatable bonds is 6. The fourth-order valence-electron chi connectivity index (χ4n) is 4.26. The van der Waals surface area contributed by atoms with Gasteiger partial charge in [-0.05, 0) is 43.5 Å². The maximum atomic E-state index is 13.1. The number of aromatic nitrogens is 1. The first-order valence-electron chi connectivity index (χ1n) is 10.8. The molecule has 0 bridgehead atoms. The molecule has 2 fully saturated rings. The van der Waals surface area contributed by atoms with Crippen molar-refractivity contribution in [3.05, 3.63) is 57.3 Å². The number of halogens is 3. The Morgan fingerprint density at radius 2 is 1.82 bits per heavy atom. The van der Waals surface area contributed by atoms with Crippen LogP contribution in [0.4, 0.5) is 0 Å². The van der Waals surface area contributed by atoms with Gasteiger partial charge in [0.05, 0.1) is 21.8 Å². The number of carbonyl (C=O) groups is 1. The molecule has 34 heavy (non-hydrogen) atoms. The normalized spacial score (nSPS) is 21.1. The van der Waals surface area contributed by atoms with Crippen LogP contribution in [0.2, 0.25) is 15.1 Å². The van der Waals surface area contributed by atoms with Gasteiger partial charge in [-0.2, -0.15) is 4.31 Å². The van der Waals surface area contributed by atoms with E-state index in [9.17, 15) is 18.3 Å². The summed E-state index contributed by atoms with van der Waals surface area (Å²) in [5.74, 6) is -0.201. The van der Waals surface area contributed by atoms with Gasteiger partial charge >= 0.3 is 0 Å². The van der Waals surface area contributed by atoms with Crippen LogP contribution < -0.4 is 0 Å². The van der Waals surface area contributed by atoms with Crippen LogP contribution in [0.15, 0.2) is 41.4 Å². The van der Waals surface area contributed by atoms with E-state index < -0.39 is 21.7 Å². The summed E-state index contributed by atoms with van der Waals surface area (Å²) in [6.07, 6.45) is 2.41. The van der Waals surface area contributed by atoms with E-state index in [-0.39, 0.29) is 45.6 Å². The Kier molecular flexibility index (Phi) is 7.74. The Balaban J connectivity index is 1.30. The summed E-state index contributed by atoms with van der Waals surface area (Å²) < 4.78 is 33.1. The third-order valence-corrected chi connectivity index (χ3v) is 9.20. The maximum Gasteiger partial charge on any atom is 0.248 e. The van der Waals surface area contributed by atoms with Crippen LogP contribution in [0.3, 0.4) is 0 Å². The van der Waals surface area contributed by atoms with Crippen LogP contribution in [0.1, 0.15) is 25.0 Å². The number of amides is 1. The minimum Gasteiger partial charge on any atom is -0.383 e. The maximum absolute atomic E-state index is 13.1. The van der Waals surface area contributed by atoms with E-state index >= 15 is 0 Å². The Labute approximate surface area is 213 Å². The molecule has 1 N–H and O–H groups in total. The van der Waals surface area contributed by atoms with Crippen molar-refractivity contribution in [2.75, 3.05) is 32.8 Å². The highest BCUT2D eigenvalue weighted by Crippen LogP contribution is 2.36. The van der Waals surface area contributed by atoms with E-state index in [2.05, 4.69) is 4.98 Å². The predicted octanol–water partition coefficient (Wildman–Crippen LogP) is 3.33. The van der Waals surface area contributed by atoms with Crippen molar-refractivity contribution in [1.82, 2.24) is 14.2 Å². The van der Waals surface area contributed by atoms with Gasteiger partial charge in [-0.25, -0.2) is 8.42 Å². The third kappa shape index (κ3) is 5.36. The summed E-state index contributed by atoms with van der Waals surface area (Å²) in [6, 6.07) is 8.06. The number of hydrogen-bond donors (Lipinski definition) is 1. The molecule has 1 aromatic heterocycles. The monoisotopic (exact) mass is 547 g/mol. The van der Waals surface area contributed by atoms with Crippen molar-refractivity contribution in [2.45, 2.75) is 35.9 Å². The lowest BCUT2D eigenvalue weighted by Gasteiger charge is -2.37. The number of hydrogen-bond acceptors (Lipinski definition) is 6. The van der Waals surface area contributed by atoms with Crippen molar-refractivity contribution in [3.8, 4) is 0 Å². The Morgan fingerprint density at radius 1 is 1.15 bits per heavy atom. The van der Waals surface area contributed by atoms with E-state index in [0.717, 1.165) is 0 Å². The van der Waals surface area contributed by atoms with E-state index in [1.165, 1.54) is 16.4 Å². The number of piperidine rings is 1. The van der Waals surface area contributed by atoms with Crippen LogP contribution in [0.25, 0.3) is 0 Å². The number of benzene rings is 1. The molecule has 0 radical (unpaired) electrons. The third-order valence-electron chi connectivity index (χ3n) is 6.20. The number of ether oxygens (including phenoxy) is 1. The van der Waals surface area contributed by atoms with Crippen molar-refractivity contribution in [2.24, 2.45) is 0 Å². The molecule has 1 aromatic carbocycles. The second-order valence-corrected chi connectivity index (χ2v) is 11.5. The zero-order valence-corrected chi connectivity index (χ0v) is 21.2. The van der Waals surface area contributed by atoms with Crippen molar-refractivity contribution >= 4 is 50.7 Å². The molecular formula is C22H24Cl3N3O5S. The van der Waals surface area contributed by atoms with E-state index in [1.807, 2.05) is 6.07 Å². The molecule has 0 aliphatic carbocycles. The minimum absolute atomic E-state index is 0.0483. The van der Waals surface area contributed by atoms with Crippen LogP contribution in [0, 0.1) is 0 Å². The number of nitrogens with zero attached hydrogens (tertiary/aromatic N) is 3. The lowest BCUT2D eigenvalue weighted by atomic mass is 9.88. The first-order valence-corrected chi connectivity index (χ1v) is 13.4. The molecule has 0 saturated carbocycles. The molecule has 2 aromatic rings. The first-order chi connectivity index (χ1) is 16.1. The molecule has 1 amide bonds. The van der Waals surface area contributed by atoms with Crippen LogP contribution in [-0.4, -0.2) is 72.5 Å². The quantitative estimate of drug-likeness (QED) is 0.594. The number of likely N-dealkylation sites (tertiary alicyclic amines) is 1. The zero-order chi connectivity index (χ0) is 24.5. The molecule has 1 atom stereocenters. The van der Waals surface area contributed by atoms with Gasteiger partial charge in [0.15, 0.2) is 0 Å². The molecule has 184 valence electrons. The van der Waals surface area contributed by atoms with Gasteiger partial charge in [-0.1, -0.05) is 40.9 Å². The summed E-state index contributed by atoms with van der Waals surface area (Å²) in [5, 5.41) is 11.0. The number of pyridine rings is 1. The Hall–Kier alpha value is -1.46. The van der Waals surface area contributed by atoms with Crippen LogP contribution in [0.5, 0.6) is 0 Å². The van der Waals surface area contributed by atoms with Gasteiger partial charge in [-0.3, -0.25) is 9.78 Å². The standard InChI is InChI=1S/C22H24Cl3N3O5S/c23-15-11-17(24)21(18(25)12-15)34(31,32)28-8-4-16(13-28)33-14-20(29)27-9-5-22(30,6-10-27)19-3-1-2-7-26-19/h1-3,7,11-12,16,30H,4-6,8-10,13-14H2. The molecule has 12 heteroatoms. The largest absolute Gasteiger partial charge is 0.383 e. The fraction of sp³-hybridized carbons (Fsp3) is 0.455. The average Bonchev–Trinajstić information content (AvgIpc) is 3.28. The highest BCUT2D eigenvalue weighted by molar-refractivity contribution is 7.89. The van der Waals surface area contributed by atoms with Gasteiger partial charge in [0.25, 0.3) is 0 Å². The second-order valence-electron chi connectivity index (χ2n) is 8.41. The molecule has 8 nitrogen and oxygen atoms in total. The molecule has 0 spiro atoms. The zero-order valence-electron chi connectivity index (χ0n) is 18.2. The molecular weight excluding hydrogens is 525 g/mol. The number of aliphatic hydroxyl groups is 1. The molecule has 2 saturated heterocycles. The highest BCUT2D eigenvalue weighted by Gasteiger charge is 2.38. The van der Waals surface area contributed by atoms with Gasteiger partial charge in [0.1, 0.15) is 17.1 Å². The lowest BCUT2D eigenvalue weighted by molar-refractivity contribution is -0.142. The summed E-state index contributed by atoms with van der Waals surface area (Å²) in [7, 11) is -3.95. The summed E-state index contributed by atoms with van der Waals surface area (Å²) in [5.41, 5.74) is -0.449. The summed E-state index contributed by atoms with van der Waals surface area (Å²) in [6.45, 7) is 0.909. The van der Waals surface area contributed by atoms with Crippen molar-refractivity contribution in [3.63, 3.8) is 0 Å². The predicted molar refractivity (Wildman–Crippen MR) is 129 cm³/mol. The van der Waals surface area contributed by atoms with Gasteiger partial charge in [0.2, 0.25) is 15.9 Å². The molecule has 3 heterocycles. The lowest BCUT2D eigenvalue weighted by Crippen LogP contribution is -2.47. The minimum atomic E-state index is -3.95. The summed E-state index contributed by atoms with van der Waals surface area (Å²) >= 11 is 18.1. The average molecular weight is 549 g/mol. The Morgan fingerprint density at radius 3 is 2.44 bits per heavy atom. The first kappa shape index (κ1) is 25.6. The molecule has 2 aliphatic rings. The number of carbonyl (C=O) groups excluding carboxylic acids is 1. The van der Waals surface area contributed by atoms with Crippen molar-refractivity contribution < 1.29 is 23.1 Å². The van der Waals surface area contributed by atoms with Gasteiger partial charge in [-0.15, -0.1) is 0 Å². The molecule has 4 rings (SSSR count). The summed E-state index contributed by atoms with van der Waals surface area (Å²) in [4.78, 5) is 18.3. The highest BCUT2D eigenvalue weighted by atomic mass is 35.5. The van der Waals surface area contributed by atoms with E-state index in [1.54, 1.807) is 23.2 Å². The van der Waals surface area contributed by atoms with Gasteiger partial charge in [0, 0.05) is 37.4 Å². The van der Waals surface area contributed by atoms with Crippen LogP contribution in [-0.2, 0) is 25.2 Å². The number of sulfonamides is 1.